The van der Waals surface area contributed by atoms with Crippen LogP contribution in [-0.4, -0.2) is 36.3 Å². The molecular formula is C22H27N3O2. The van der Waals surface area contributed by atoms with Crippen molar-refractivity contribution in [3.63, 3.8) is 0 Å². The van der Waals surface area contributed by atoms with Gasteiger partial charge < -0.3 is 10.2 Å². The number of nitrogens with zero attached hydrogens (tertiary/aromatic N) is 2. The number of aryl methyl sites for hydroxylation is 1. The molecule has 1 fully saturated rings. The summed E-state index contributed by atoms with van der Waals surface area (Å²) >= 11 is 0. The van der Waals surface area contributed by atoms with Crippen molar-refractivity contribution in [2.75, 3.05) is 23.8 Å². The smallest absolute Gasteiger partial charge is 0.241 e. The van der Waals surface area contributed by atoms with Gasteiger partial charge in [-0.05, 0) is 62.7 Å². The van der Waals surface area contributed by atoms with Crippen LogP contribution in [0.4, 0.5) is 11.4 Å². The van der Waals surface area contributed by atoms with Crippen LogP contribution in [-0.2, 0) is 16.1 Å². The van der Waals surface area contributed by atoms with Gasteiger partial charge in [-0.3, -0.25) is 14.5 Å². The molecule has 2 aromatic rings. The fraction of sp³-hybridized carbons (Fsp3) is 0.364. The van der Waals surface area contributed by atoms with Crippen LogP contribution in [0.15, 0.2) is 48.5 Å². The molecule has 1 aliphatic rings. The molecule has 0 aliphatic carbocycles. The zero-order valence-corrected chi connectivity index (χ0v) is 16.2. The maximum atomic E-state index is 12.6. The maximum Gasteiger partial charge on any atom is 0.241 e. The Morgan fingerprint density at radius 1 is 1.19 bits per heavy atom. The highest BCUT2D eigenvalue weighted by Crippen LogP contribution is 2.23. The summed E-state index contributed by atoms with van der Waals surface area (Å²) in [6.07, 6.45) is 1.52. The second kappa shape index (κ2) is 8.35. The van der Waals surface area contributed by atoms with Crippen molar-refractivity contribution in [2.24, 2.45) is 0 Å². The van der Waals surface area contributed by atoms with Crippen LogP contribution in [0.3, 0.4) is 0 Å². The minimum Gasteiger partial charge on any atom is -0.325 e. The van der Waals surface area contributed by atoms with Gasteiger partial charge in [0.15, 0.2) is 0 Å². The van der Waals surface area contributed by atoms with Crippen molar-refractivity contribution in [3.05, 3.63) is 59.7 Å². The predicted molar refractivity (Wildman–Crippen MR) is 109 cm³/mol. The number of hydrogen-bond acceptors (Lipinski definition) is 3. The Morgan fingerprint density at radius 3 is 2.52 bits per heavy atom. The Morgan fingerprint density at radius 2 is 1.89 bits per heavy atom. The van der Waals surface area contributed by atoms with Gasteiger partial charge >= 0.3 is 0 Å². The van der Waals surface area contributed by atoms with Crippen LogP contribution in [0.2, 0.25) is 0 Å². The van der Waals surface area contributed by atoms with E-state index >= 15 is 0 Å². The SMILES string of the molecule is Cc1ccccc1CN(C)C(C)C(=O)Nc1ccc(N2CCCC2=O)cc1. The van der Waals surface area contributed by atoms with E-state index in [2.05, 4.69) is 24.4 Å². The molecule has 1 saturated heterocycles. The Labute approximate surface area is 161 Å². The molecule has 2 aromatic carbocycles. The lowest BCUT2D eigenvalue weighted by atomic mass is 10.1. The topological polar surface area (TPSA) is 52.7 Å². The van der Waals surface area contributed by atoms with E-state index in [1.807, 2.05) is 55.3 Å². The van der Waals surface area contributed by atoms with Gasteiger partial charge in [0.25, 0.3) is 0 Å². The summed E-state index contributed by atoms with van der Waals surface area (Å²) in [5, 5.41) is 2.97. The molecule has 0 spiro atoms. The highest BCUT2D eigenvalue weighted by molar-refractivity contribution is 5.97. The standard InChI is InChI=1S/C22H27N3O2/c1-16-7-4-5-8-18(16)15-24(3)17(2)22(27)23-19-10-12-20(13-11-19)25-14-6-9-21(25)26/h4-5,7-8,10-13,17H,6,9,14-15H2,1-3H3,(H,23,27). The molecule has 2 amide bonds. The zero-order valence-electron chi connectivity index (χ0n) is 16.2. The lowest BCUT2D eigenvalue weighted by Crippen LogP contribution is -2.39. The van der Waals surface area contributed by atoms with E-state index in [0.717, 1.165) is 30.9 Å². The number of nitrogens with one attached hydrogen (secondary N) is 1. The number of hydrogen-bond donors (Lipinski definition) is 1. The molecule has 1 atom stereocenters. The van der Waals surface area contributed by atoms with Gasteiger partial charge in [0.1, 0.15) is 0 Å². The number of carbonyl (C=O) groups excluding carboxylic acids is 2. The number of rotatable bonds is 6. The van der Waals surface area contributed by atoms with E-state index in [4.69, 9.17) is 0 Å². The molecule has 5 nitrogen and oxygen atoms in total. The largest absolute Gasteiger partial charge is 0.325 e. The first kappa shape index (κ1) is 19.1. The Kier molecular flexibility index (Phi) is 5.91. The fourth-order valence-electron chi connectivity index (χ4n) is 3.29. The van der Waals surface area contributed by atoms with E-state index in [1.165, 1.54) is 11.1 Å². The first-order valence-corrected chi connectivity index (χ1v) is 9.42. The average Bonchev–Trinajstić information content (AvgIpc) is 3.09. The molecule has 1 N–H and O–H groups in total. The monoisotopic (exact) mass is 365 g/mol. The summed E-state index contributed by atoms with van der Waals surface area (Å²) in [4.78, 5) is 28.3. The number of anilines is 2. The summed E-state index contributed by atoms with van der Waals surface area (Å²) in [6.45, 7) is 5.48. The molecule has 0 bridgehead atoms. The van der Waals surface area contributed by atoms with Gasteiger partial charge in [-0.2, -0.15) is 0 Å². The molecule has 1 unspecified atom stereocenters. The van der Waals surface area contributed by atoms with E-state index < -0.39 is 0 Å². The van der Waals surface area contributed by atoms with Crippen LogP contribution in [0, 0.1) is 6.92 Å². The van der Waals surface area contributed by atoms with E-state index in [1.54, 1.807) is 4.90 Å². The first-order chi connectivity index (χ1) is 13.0. The third-order valence-corrected chi connectivity index (χ3v) is 5.24. The van der Waals surface area contributed by atoms with Crippen molar-refractivity contribution >= 4 is 23.2 Å². The van der Waals surface area contributed by atoms with Gasteiger partial charge in [-0.25, -0.2) is 0 Å². The lowest BCUT2D eigenvalue weighted by Gasteiger charge is -2.24. The molecule has 0 aromatic heterocycles. The summed E-state index contributed by atoms with van der Waals surface area (Å²) < 4.78 is 0. The Bertz CT molecular complexity index is 817. The summed E-state index contributed by atoms with van der Waals surface area (Å²) in [5.74, 6) is 0.120. The van der Waals surface area contributed by atoms with E-state index in [-0.39, 0.29) is 17.9 Å². The Hall–Kier alpha value is -2.66. The predicted octanol–water partition coefficient (Wildman–Crippen LogP) is 3.58. The van der Waals surface area contributed by atoms with Crippen molar-refractivity contribution in [3.8, 4) is 0 Å². The van der Waals surface area contributed by atoms with Gasteiger partial charge in [-0.15, -0.1) is 0 Å². The molecule has 142 valence electrons. The molecule has 0 radical (unpaired) electrons. The zero-order chi connectivity index (χ0) is 19.4. The van der Waals surface area contributed by atoms with Gasteiger partial charge in [0.2, 0.25) is 11.8 Å². The van der Waals surface area contributed by atoms with Crippen molar-refractivity contribution < 1.29 is 9.59 Å². The number of benzene rings is 2. The van der Waals surface area contributed by atoms with E-state index in [0.29, 0.717) is 6.42 Å². The number of carbonyl (C=O) groups is 2. The van der Waals surface area contributed by atoms with Crippen molar-refractivity contribution in [2.45, 2.75) is 39.3 Å². The molecular weight excluding hydrogens is 338 g/mol. The molecule has 0 saturated carbocycles. The van der Waals surface area contributed by atoms with Crippen LogP contribution in [0.5, 0.6) is 0 Å². The first-order valence-electron chi connectivity index (χ1n) is 9.42. The minimum absolute atomic E-state index is 0.0453. The second-order valence-corrected chi connectivity index (χ2v) is 7.20. The van der Waals surface area contributed by atoms with Crippen molar-refractivity contribution in [1.82, 2.24) is 4.90 Å². The normalized spacial score (nSPS) is 15.3. The van der Waals surface area contributed by atoms with Crippen LogP contribution >= 0.6 is 0 Å². The molecule has 27 heavy (non-hydrogen) atoms. The molecule has 1 aliphatic heterocycles. The quantitative estimate of drug-likeness (QED) is 0.851. The highest BCUT2D eigenvalue weighted by Gasteiger charge is 2.22. The van der Waals surface area contributed by atoms with E-state index in [9.17, 15) is 9.59 Å². The number of likely N-dealkylation sites (N-methyl/N-ethyl adjacent to an activating group) is 1. The molecule has 5 heteroatoms. The van der Waals surface area contributed by atoms with Crippen LogP contribution < -0.4 is 10.2 Å². The van der Waals surface area contributed by atoms with Crippen molar-refractivity contribution in [1.29, 1.82) is 0 Å². The van der Waals surface area contributed by atoms with Gasteiger partial charge in [0.05, 0.1) is 6.04 Å². The van der Waals surface area contributed by atoms with Gasteiger partial charge in [0, 0.05) is 30.9 Å². The molecule has 1 heterocycles. The van der Waals surface area contributed by atoms with Crippen LogP contribution in [0.25, 0.3) is 0 Å². The lowest BCUT2D eigenvalue weighted by molar-refractivity contribution is -0.120. The summed E-state index contributed by atoms with van der Waals surface area (Å²) in [7, 11) is 1.96. The average molecular weight is 365 g/mol. The second-order valence-electron chi connectivity index (χ2n) is 7.20. The third-order valence-electron chi connectivity index (χ3n) is 5.24. The summed E-state index contributed by atoms with van der Waals surface area (Å²) in [6, 6.07) is 15.4. The fourth-order valence-corrected chi connectivity index (χ4v) is 3.29. The third kappa shape index (κ3) is 4.55. The number of amides is 2. The minimum atomic E-state index is -0.260. The van der Waals surface area contributed by atoms with Crippen LogP contribution in [0.1, 0.15) is 30.9 Å². The molecule has 3 rings (SSSR count). The van der Waals surface area contributed by atoms with Gasteiger partial charge in [-0.1, -0.05) is 24.3 Å². The summed E-state index contributed by atoms with van der Waals surface area (Å²) in [5.41, 5.74) is 4.08. The highest BCUT2D eigenvalue weighted by atomic mass is 16.2. The maximum absolute atomic E-state index is 12.6. The Balaban J connectivity index is 1.59.